The average molecular weight is 386 g/mol. The van der Waals surface area contributed by atoms with E-state index < -0.39 is 11.9 Å². The normalized spacial score (nSPS) is 11.2. The standard InChI is InChI=1S/C20H18O6S/c1-13-19(20(22)24-10-9-23-2)16-12-14(5-7-17(16)25-13)26-18(21)8-6-15-4-3-11-27-15/h3-8,11-12H,9-10H2,1-2H3. The Morgan fingerprint density at radius 2 is 2.07 bits per heavy atom. The average Bonchev–Trinajstić information content (AvgIpc) is 3.26. The molecule has 0 aliphatic heterocycles. The molecule has 27 heavy (non-hydrogen) atoms. The molecule has 0 aliphatic rings. The highest BCUT2D eigenvalue weighted by Crippen LogP contribution is 2.29. The number of ether oxygens (including phenoxy) is 3. The van der Waals surface area contributed by atoms with Crippen LogP contribution >= 0.6 is 11.3 Å². The Morgan fingerprint density at radius 1 is 1.22 bits per heavy atom. The highest BCUT2D eigenvalue weighted by Gasteiger charge is 2.20. The van der Waals surface area contributed by atoms with Gasteiger partial charge >= 0.3 is 11.9 Å². The minimum absolute atomic E-state index is 0.142. The highest BCUT2D eigenvalue weighted by molar-refractivity contribution is 7.10. The summed E-state index contributed by atoms with van der Waals surface area (Å²) in [6.45, 7) is 2.13. The molecule has 0 N–H and O–H groups in total. The number of hydrogen-bond donors (Lipinski definition) is 0. The van der Waals surface area contributed by atoms with Gasteiger partial charge < -0.3 is 18.6 Å². The highest BCUT2D eigenvalue weighted by atomic mass is 32.1. The van der Waals surface area contributed by atoms with Crippen molar-refractivity contribution in [2.24, 2.45) is 0 Å². The summed E-state index contributed by atoms with van der Waals surface area (Å²) < 4.78 is 21.0. The second-order valence-corrected chi connectivity index (χ2v) is 6.57. The first-order chi connectivity index (χ1) is 13.1. The van der Waals surface area contributed by atoms with E-state index in [0.717, 1.165) is 4.88 Å². The Labute approximate surface area is 159 Å². The first kappa shape index (κ1) is 18.9. The Morgan fingerprint density at radius 3 is 2.81 bits per heavy atom. The fourth-order valence-corrected chi connectivity index (χ4v) is 3.11. The number of methoxy groups -OCH3 is 1. The zero-order valence-electron chi connectivity index (χ0n) is 14.9. The number of esters is 2. The van der Waals surface area contributed by atoms with E-state index in [1.165, 1.54) is 24.5 Å². The number of benzene rings is 1. The number of thiophene rings is 1. The molecule has 0 atom stereocenters. The summed E-state index contributed by atoms with van der Waals surface area (Å²) in [4.78, 5) is 25.3. The number of rotatable bonds is 7. The van der Waals surface area contributed by atoms with Gasteiger partial charge in [0.2, 0.25) is 0 Å². The number of hydrogen-bond acceptors (Lipinski definition) is 7. The zero-order valence-corrected chi connectivity index (χ0v) is 15.7. The molecule has 0 amide bonds. The van der Waals surface area contributed by atoms with E-state index in [4.69, 9.17) is 18.6 Å². The second-order valence-electron chi connectivity index (χ2n) is 5.59. The fourth-order valence-electron chi connectivity index (χ4n) is 2.49. The molecule has 2 aromatic heterocycles. The van der Waals surface area contributed by atoms with E-state index >= 15 is 0 Å². The van der Waals surface area contributed by atoms with Crippen LogP contribution in [0.25, 0.3) is 17.0 Å². The van der Waals surface area contributed by atoms with Gasteiger partial charge in [0.1, 0.15) is 29.3 Å². The molecule has 0 aliphatic carbocycles. The third-order valence-electron chi connectivity index (χ3n) is 3.71. The summed E-state index contributed by atoms with van der Waals surface area (Å²) in [5.74, 6) is -0.264. The molecule has 3 aromatic rings. The van der Waals surface area contributed by atoms with Crippen LogP contribution in [0, 0.1) is 6.92 Å². The van der Waals surface area contributed by atoms with Gasteiger partial charge in [0.15, 0.2) is 0 Å². The van der Waals surface area contributed by atoms with Gasteiger partial charge in [-0.1, -0.05) is 6.07 Å². The van der Waals surface area contributed by atoms with Crippen LogP contribution in [0.5, 0.6) is 5.75 Å². The van der Waals surface area contributed by atoms with Gasteiger partial charge in [-0.05, 0) is 42.6 Å². The van der Waals surface area contributed by atoms with Crippen LogP contribution in [0.3, 0.4) is 0 Å². The van der Waals surface area contributed by atoms with Crippen LogP contribution in [0.15, 0.2) is 46.2 Å². The van der Waals surface area contributed by atoms with Crippen molar-refractivity contribution in [2.75, 3.05) is 20.3 Å². The number of fused-ring (bicyclic) bond motifs is 1. The van der Waals surface area contributed by atoms with Crippen LogP contribution in [-0.4, -0.2) is 32.3 Å². The van der Waals surface area contributed by atoms with E-state index in [1.807, 2.05) is 17.5 Å². The summed E-state index contributed by atoms with van der Waals surface area (Å²) >= 11 is 1.52. The van der Waals surface area contributed by atoms with Crippen molar-refractivity contribution in [3.8, 4) is 5.75 Å². The molecule has 140 valence electrons. The first-order valence-electron chi connectivity index (χ1n) is 8.21. The lowest BCUT2D eigenvalue weighted by atomic mass is 10.1. The Hall–Kier alpha value is -2.90. The molecule has 0 spiro atoms. The number of carbonyl (C=O) groups excluding carboxylic acids is 2. The van der Waals surface area contributed by atoms with E-state index in [9.17, 15) is 9.59 Å². The van der Waals surface area contributed by atoms with E-state index in [-0.39, 0.29) is 6.61 Å². The molecular formula is C20H18O6S. The molecule has 0 unspecified atom stereocenters. The Balaban J connectivity index is 1.78. The number of furan rings is 1. The van der Waals surface area contributed by atoms with Crippen molar-refractivity contribution in [3.05, 3.63) is 58.0 Å². The topological polar surface area (TPSA) is 75.0 Å². The molecule has 1 aromatic carbocycles. The largest absolute Gasteiger partial charge is 0.460 e. The van der Waals surface area contributed by atoms with Crippen molar-refractivity contribution in [1.29, 1.82) is 0 Å². The molecule has 2 heterocycles. The second kappa shape index (κ2) is 8.66. The van der Waals surface area contributed by atoms with Gasteiger partial charge in [-0.3, -0.25) is 0 Å². The summed E-state index contributed by atoms with van der Waals surface area (Å²) in [6.07, 6.45) is 3.04. The minimum Gasteiger partial charge on any atom is -0.460 e. The van der Waals surface area contributed by atoms with Crippen LogP contribution in [0.2, 0.25) is 0 Å². The lowest BCUT2D eigenvalue weighted by molar-refractivity contribution is -0.128. The third kappa shape index (κ3) is 4.64. The smallest absolute Gasteiger partial charge is 0.342 e. The maximum absolute atomic E-state index is 12.3. The predicted octanol–water partition coefficient (Wildman–Crippen LogP) is 4.22. The molecule has 7 heteroatoms. The van der Waals surface area contributed by atoms with Crippen molar-refractivity contribution in [1.82, 2.24) is 0 Å². The van der Waals surface area contributed by atoms with Crippen LogP contribution in [-0.2, 0) is 14.3 Å². The first-order valence-corrected chi connectivity index (χ1v) is 9.09. The summed E-state index contributed by atoms with van der Waals surface area (Å²) in [5.41, 5.74) is 0.827. The van der Waals surface area contributed by atoms with Gasteiger partial charge in [-0.25, -0.2) is 9.59 Å². The monoisotopic (exact) mass is 386 g/mol. The molecule has 6 nitrogen and oxygen atoms in total. The van der Waals surface area contributed by atoms with Gasteiger partial charge in [-0.2, -0.15) is 0 Å². The predicted molar refractivity (Wildman–Crippen MR) is 102 cm³/mol. The zero-order chi connectivity index (χ0) is 19.2. The molecule has 0 fully saturated rings. The van der Waals surface area contributed by atoms with Crippen molar-refractivity contribution in [2.45, 2.75) is 6.92 Å². The SMILES string of the molecule is COCCOC(=O)c1c(C)oc2ccc(OC(=O)C=Cc3cccs3)cc12. The van der Waals surface area contributed by atoms with Gasteiger partial charge in [0.05, 0.1) is 6.61 Å². The maximum atomic E-state index is 12.3. The summed E-state index contributed by atoms with van der Waals surface area (Å²) in [5, 5.41) is 2.45. The van der Waals surface area contributed by atoms with Gasteiger partial charge in [0.25, 0.3) is 0 Å². The van der Waals surface area contributed by atoms with Crippen LogP contribution < -0.4 is 4.74 Å². The summed E-state index contributed by atoms with van der Waals surface area (Å²) in [6, 6.07) is 8.66. The van der Waals surface area contributed by atoms with Gasteiger partial charge in [-0.15, -0.1) is 11.3 Å². The van der Waals surface area contributed by atoms with E-state index in [0.29, 0.717) is 34.6 Å². The lowest BCUT2D eigenvalue weighted by Gasteiger charge is -2.04. The molecular weight excluding hydrogens is 368 g/mol. The number of carbonyl (C=O) groups is 2. The quantitative estimate of drug-likeness (QED) is 0.262. The lowest BCUT2D eigenvalue weighted by Crippen LogP contribution is -2.10. The minimum atomic E-state index is -0.510. The fraction of sp³-hybridized carbons (Fsp3) is 0.200. The molecule has 0 saturated carbocycles. The summed E-state index contributed by atoms with van der Waals surface area (Å²) in [7, 11) is 1.53. The van der Waals surface area contributed by atoms with E-state index in [1.54, 1.807) is 31.2 Å². The maximum Gasteiger partial charge on any atom is 0.342 e. The van der Waals surface area contributed by atoms with Crippen LogP contribution in [0.4, 0.5) is 0 Å². The van der Waals surface area contributed by atoms with Crippen LogP contribution in [0.1, 0.15) is 21.0 Å². The Bertz CT molecular complexity index is 968. The van der Waals surface area contributed by atoms with Gasteiger partial charge in [0, 0.05) is 23.4 Å². The van der Waals surface area contributed by atoms with Crippen molar-refractivity contribution < 1.29 is 28.2 Å². The number of aryl methyl sites for hydroxylation is 1. The third-order valence-corrected chi connectivity index (χ3v) is 4.54. The molecule has 0 radical (unpaired) electrons. The molecule has 0 bridgehead atoms. The van der Waals surface area contributed by atoms with E-state index in [2.05, 4.69) is 0 Å². The van der Waals surface area contributed by atoms with Crippen molar-refractivity contribution in [3.63, 3.8) is 0 Å². The molecule has 0 saturated heterocycles. The Kier molecular flexibility index (Phi) is 6.05. The van der Waals surface area contributed by atoms with Crippen molar-refractivity contribution >= 4 is 40.3 Å². The molecule has 3 rings (SSSR count).